The third kappa shape index (κ3) is 27.1. The lowest BCUT2D eigenvalue weighted by Crippen LogP contribution is -2.10. The molecule has 0 saturated carbocycles. The van der Waals surface area contributed by atoms with Crippen molar-refractivity contribution in [3.63, 3.8) is 0 Å². The highest BCUT2D eigenvalue weighted by molar-refractivity contribution is 6.54. The van der Waals surface area contributed by atoms with Gasteiger partial charge >= 0.3 is 0 Å². The molecule has 2 radical (unpaired) electrons. The van der Waals surface area contributed by atoms with E-state index in [1.165, 1.54) is 51.9 Å². The van der Waals surface area contributed by atoms with Gasteiger partial charge in [0, 0.05) is 12.8 Å². The van der Waals surface area contributed by atoms with E-state index >= 15 is 0 Å². The number of hydrogen-bond donors (Lipinski definition) is 0. The molecule has 0 N–H and O–H groups in total. The van der Waals surface area contributed by atoms with Crippen molar-refractivity contribution in [1.29, 1.82) is 0 Å². The first kappa shape index (κ1) is 25.6. The van der Waals surface area contributed by atoms with Crippen molar-refractivity contribution in [3.8, 4) is 0 Å². The van der Waals surface area contributed by atoms with Crippen LogP contribution in [0.1, 0.15) is 39.5 Å². The van der Waals surface area contributed by atoms with Gasteiger partial charge in [0.15, 0.2) is 0 Å². The maximum absolute atomic E-state index is 3.77. The van der Waals surface area contributed by atoms with E-state index < -0.39 is 0 Å². The van der Waals surface area contributed by atoms with Crippen molar-refractivity contribution < 1.29 is 4.58 Å². The third-order valence-electron chi connectivity index (χ3n) is 2.53. The zero-order chi connectivity index (χ0) is 16.4. The highest BCUT2D eigenvalue weighted by Crippen LogP contribution is 2.02. The lowest BCUT2D eigenvalue weighted by Gasteiger charge is -2.01. The second-order valence-corrected chi connectivity index (χ2v) is 9.03. The van der Waals surface area contributed by atoms with Crippen molar-refractivity contribution in [2.45, 2.75) is 62.7 Å². The van der Waals surface area contributed by atoms with Crippen LogP contribution in [0.2, 0.25) is 23.1 Å². The summed E-state index contributed by atoms with van der Waals surface area (Å²) in [5.41, 5.74) is 0. The van der Waals surface area contributed by atoms with Crippen LogP contribution in [0.25, 0.3) is 0 Å². The van der Waals surface area contributed by atoms with Crippen LogP contribution in [0.4, 0.5) is 0 Å². The molecule has 2 aliphatic heterocycles. The van der Waals surface area contributed by atoms with Crippen molar-refractivity contribution in [2.24, 2.45) is 0 Å². The molecule has 0 bridgehead atoms. The van der Waals surface area contributed by atoms with Gasteiger partial charge < -0.3 is 4.90 Å². The van der Waals surface area contributed by atoms with Gasteiger partial charge in [-0.05, 0) is 33.0 Å². The Kier molecular flexibility index (Phi) is 28.2. The summed E-state index contributed by atoms with van der Waals surface area (Å²) in [7, 11) is 2.17. The molecule has 0 aromatic carbocycles. The minimum Gasteiger partial charge on any atom is -0.306 e. The Bertz CT molecular complexity index is 169. The molecule has 2 heterocycles. The molecule has 0 aromatic rings. The van der Waals surface area contributed by atoms with Gasteiger partial charge in [-0.2, -0.15) is 0 Å². The number of hydrogen-bond acceptors (Lipinski definition) is 1. The lowest BCUT2D eigenvalue weighted by atomic mass is 10.4. The number of likely N-dealkylation sites (tertiary alicyclic amines) is 1. The summed E-state index contributed by atoms with van der Waals surface area (Å²) in [5.74, 6) is 8.83. The van der Waals surface area contributed by atoms with Crippen LogP contribution in [0.5, 0.6) is 0 Å². The van der Waals surface area contributed by atoms with Crippen LogP contribution >= 0.6 is 0 Å². The van der Waals surface area contributed by atoms with E-state index in [1.807, 2.05) is 19.6 Å². The van der Waals surface area contributed by atoms with Gasteiger partial charge in [-0.25, -0.2) is 4.58 Å². The van der Waals surface area contributed by atoms with Gasteiger partial charge in [-0.3, -0.25) is 0 Å². The molecule has 0 atom stereocenters. The van der Waals surface area contributed by atoms with Crippen LogP contribution in [-0.4, -0.2) is 79.9 Å². The minimum atomic E-state index is -0.139. The monoisotopic (exact) mass is 313 g/mol. The van der Waals surface area contributed by atoms with Crippen LogP contribution in [0.3, 0.4) is 0 Å². The van der Waals surface area contributed by atoms with Crippen molar-refractivity contribution in [1.82, 2.24) is 4.90 Å². The zero-order valence-corrected chi connectivity index (χ0v) is 17.7. The Hall–Kier alpha value is 0.695. The molecule has 0 aliphatic carbocycles. The predicted octanol–water partition coefficient (Wildman–Crippen LogP) is 3.81. The van der Waals surface area contributed by atoms with Gasteiger partial charge in [0.1, 0.15) is 36.1 Å². The second-order valence-electron chi connectivity index (χ2n) is 5.57. The average Bonchev–Trinajstić information content (AvgIpc) is 3.08. The quantitative estimate of drug-likeness (QED) is 0.487. The fourth-order valence-electron chi connectivity index (χ4n) is 1.66. The maximum Gasteiger partial charge on any atom is 0.251 e. The molecular weight excluding hydrogens is 274 g/mol. The van der Waals surface area contributed by atoms with E-state index in [9.17, 15) is 0 Å². The summed E-state index contributed by atoms with van der Waals surface area (Å²) in [6.45, 7) is 12.8. The second kappa shape index (κ2) is 22.0. The summed E-state index contributed by atoms with van der Waals surface area (Å²) < 4.78 is 2.11. The van der Waals surface area contributed by atoms with Crippen LogP contribution in [-0.2, 0) is 0 Å². The van der Waals surface area contributed by atoms with Crippen LogP contribution in [0.15, 0.2) is 0 Å². The van der Waals surface area contributed by atoms with Gasteiger partial charge in [-0.1, -0.05) is 13.8 Å². The topological polar surface area (TPSA) is 6.25 Å². The normalized spacial score (nSPS) is 16.2. The molecule has 0 aromatic heterocycles. The zero-order valence-electron chi connectivity index (χ0n) is 15.4. The molecule has 2 aliphatic rings. The smallest absolute Gasteiger partial charge is 0.251 e. The first-order valence-corrected chi connectivity index (χ1v) is 13.0. The number of rotatable bonds is 0. The van der Waals surface area contributed by atoms with E-state index in [0.29, 0.717) is 0 Å². The van der Waals surface area contributed by atoms with E-state index in [0.717, 1.165) is 0 Å². The van der Waals surface area contributed by atoms with Crippen LogP contribution in [0, 0.1) is 0 Å². The molecule has 20 heavy (non-hydrogen) atoms. The summed E-state index contributed by atoms with van der Waals surface area (Å²) in [5, 5.41) is 0. The molecule has 0 spiro atoms. The van der Waals surface area contributed by atoms with Crippen molar-refractivity contribution >= 4 is 37.2 Å². The van der Waals surface area contributed by atoms with Gasteiger partial charge in [0.2, 0.25) is 0 Å². The maximum atomic E-state index is 3.77. The summed E-state index contributed by atoms with van der Waals surface area (Å²) in [6.07, 6.45) is 5.53. The largest absolute Gasteiger partial charge is 0.306 e. The van der Waals surface area contributed by atoms with Gasteiger partial charge in [0.25, 0.3) is 14.1 Å². The number of nitrogens with zero attached hydrogens (tertiary/aromatic N) is 2. The lowest BCUT2D eigenvalue weighted by molar-refractivity contribution is -0.497. The first-order valence-electron chi connectivity index (χ1n) is 8.34. The third-order valence-corrected chi connectivity index (χ3v) is 2.53. The molecule has 2 rings (SSSR count). The highest BCUT2D eigenvalue weighted by Gasteiger charge is 2.07. The van der Waals surface area contributed by atoms with Crippen molar-refractivity contribution in [3.05, 3.63) is 0 Å². The van der Waals surface area contributed by atoms with E-state index in [-0.39, 0.29) is 14.1 Å². The standard InChI is InChI=1S/C5H11N.C5H10N.C2H6.4CH3.2Al/c2*1-6-4-2-3-5-6;1-2;;;;;;/h2-5H2,1H3;1-5H2;1-2H3;4*1H3;;/q;+1;;;;;;;. The Morgan fingerprint density at radius 3 is 1.30 bits per heavy atom. The first-order chi connectivity index (χ1) is 9.52. The highest BCUT2D eigenvalue weighted by atomic mass is 27.2. The average molecular weight is 313 g/mol. The van der Waals surface area contributed by atoms with Gasteiger partial charge in [-0.15, -0.1) is 23.1 Å². The Labute approximate surface area is 142 Å². The van der Waals surface area contributed by atoms with E-state index in [4.69, 9.17) is 0 Å². The van der Waals surface area contributed by atoms with Crippen LogP contribution < -0.4 is 0 Å². The SMILES string of the molecule is C=[N+]1CCCC1.CC.CN1CCCC1.[CH3][Al].[CH3][Al]([CH3])[CH3]. The molecular formula is C16H39Al2N2+. The molecule has 0 amide bonds. The molecule has 4 heteroatoms. The fourth-order valence-corrected chi connectivity index (χ4v) is 1.66. The molecule has 2 fully saturated rings. The molecule has 2 nitrogen and oxygen atoms in total. The van der Waals surface area contributed by atoms with E-state index in [2.05, 4.69) is 56.9 Å². The summed E-state index contributed by atoms with van der Waals surface area (Å²) in [6, 6.07) is 0. The van der Waals surface area contributed by atoms with Gasteiger partial charge in [0.05, 0.1) is 0 Å². The summed E-state index contributed by atoms with van der Waals surface area (Å²) in [4.78, 5) is 2.36. The summed E-state index contributed by atoms with van der Waals surface area (Å²) >= 11 is 2.28. The molecule has 118 valence electrons. The van der Waals surface area contributed by atoms with Crippen molar-refractivity contribution in [2.75, 3.05) is 33.2 Å². The predicted molar refractivity (Wildman–Crippen MR) is 99.4 cm³/mol. The minimum absolute atomic E-state index is 0.139. The van der Waals surface area contributed by atoms with E-state index in [1.54, 1.807) is 0 Å². The Morgan fingerprint density at radius 2 is 1.20 bits per heavy atom. The molecule has 2 saturated heterocycles. The Morgan fingerprint density at radius 1 is 0.900 bits per heavy atom. The molecule has 0 unspecified atom stereocenters. The fraction of sp³-hybridized carbons (Fsp3) is 0.938. The Balaban J connectivity index is -0.000000196.